The largest absolute Gasteiger partial charge is 0.274 e. The smallest absolute Gasteiger partial charge is 0.243 e. The zero-order chi connectivity index (χ0) is 15.0. The molecule has 0 radical (unpaired) electrons. The predicted molar refractivity (Wildman–Crippen MR) is 83.0 cm³/mol. The van der Waals surface area contributed by atoms with Crippen LogP contribution in [0.1, 0.15) is 23.5 Å². The van der Waals surface area contributed by atoms with E-state index in [1.807, 2.05) is 37.3 Å². The van der Waals surface area contributed by atoms with Gasteiger partial charge in [-0.1, -0.05) is 28.1 Å². The highest BCUT2D eigenvalue weighted by atomic mass is 79.9. The normalized spacial score (nSPS) is 18.4. The fraction of sp³-hybridized carbons (Fsp3) is 0.188. The minimum atomic E-state index is -0.423. The first-order valence-electron chi connectivity index (χ1n) is 6.61. The third-order valence-corrected chi connectivity index (χ3v) is 4.08. The average Bonchev–Trinajstić information content (AvgIpc) is 2.75. The van der Waals surface area contributed by atoms with Gasteiger partial charge >= 0.3 is 0 Å². The van der Waals surface area contributed by atoms with Gasteiger partial charge in [0.1, 0.15) is 5.82 Å². The SMILES string of the molecule is Cc1ccnc(N2C(=O)CC(c3ccc(Br)cc3)C2=O)c1. The number of rotatable bonds is 2. The second kappa shape index (κ2) is 5.41. The molecule has 1 saturated heterocycles. The number of hydrogen-bond donors (Lipinski definition) is 0. The van der Waals surface area contributed by atoms with Crippen molar-refractivity contribution in [3.63, 3.8) is 0 Å². The molecule has 2 aromatic rings. The average molecular weight is 345 g/mol. The van der Waals surface area contributed by atoms with Gasteiger partial charge in [0.15, 0.2) is 0 Å². The molecule has 5 heteroatoms. The molecule has 1 aliphatic heterocycles. The van der Waals surface area contributed by atoms with Crippen molar-refractivity contribution in [2.24, 2.45) is 0 Å². The summed E-state index contributed by atoms with van der Waals surface area (Å²) in [6.45, 7) is 1.91. The van der Waals surface area contributed by atoms with Crippen molar-refractivity contribution >= 4 is 33.6 Å². The minimum absolute atomic E-state index is 0.191. The highest BCUT2D eigenvalue weighted by Crippen LogP contribution is 2.32. The van der Waals surface area contributed by atoms with Crippen LogP contribution in [-0.4, -0.2) is 16.8 Å². The van der Waals surface area contributed by atoms with Gasteiger partial charge in [-0.3, -0.25) is 9.59 Å². The number of aryl methyl sites for hydroxylation is 1. The van der Waals surface area contributed by atoms with E-state index in [0.717, 1.165) is 15.6 Å². The molecule has 1 aromatic heterocycles. The monoisotopic (exact) mass is 344 g/mol. The van der Waals surface area contributed by atoms with Gasteiger partial charge < -0.3 is 0 Å². The summed E-state index contributed by atoms with van der Waals surface area (Å²) < 4.78 is 0.945. The number of anilines is 1. The van der Waals surface area contributed by atoms with Gasteiger partial charge in [0.05, 0.1) is 5.92 Å². The van der Waals surface area contributed by atoms with Crippen LogP contribution in [0.2, 0.25) is 0 Å². The second-order valence-electron chi connectivity index (χ2n) is 5.07. The molecule has 0 spiro atoms. The molecule has 0 N–H and O–H groups in total. The Kier molecular flexibility index (Phi) is 3.59. The van der Waals surface area contributed by atoms with Gasteiger partial charge in [0, 0.05) is 17.1 Å². The molecule has 106 valence electrons. The van der Waals surface area contributed by atoms with Crippen molar-refractivity contribution < 1.29 is 9.59 Å². The van der Waals surface area contributed by atoms with E-state index >= 15 is 0 Å². The quantitative estimate of drug-likeness (QED) is 0.786. The lowest BCUT2D eigenvalue weighted by molar-refractivity contribution is -0.121. The van der Waals surface area contributed by atoms with E-state index in [1.165, 1.54) is 4.90 Å². The molecule has 2 heterocycles. The zero-order valence-electron chi connectivity index (χ0n) is 11.4. The molecular weight excluding hydrogens is 332 g/mol. The Morgan fingerprint density at radius 1 is 1.19 bits per heavy atom. The van der Waals surface area contributed by atoms with Crippen molar-refractivity contribution in [1.82, 2.24) is 4.98 Å². The summed E-state index contributed by atoms with van der Waals surface area (Å²) in [6, 6.07) is 11.1. The summed E-state index contributed by atoms with van der Waals surface area (Å²) in [6.07, 6.45) is 1.80. The second-order valence-corrected chi connectivity index (χ2v) is 5.98. The third-order valence-electron chi connectivity index (χ3n) is 3.55. The van der Waals surface area contributed by atoms with Gasteiger partial charge in [-0.2, -0.15) is 0 Å². The highest BCUT2D eigenvalue weighted by molar-refractivity contribution is 9.10. The van der Waals surface area contributed by atoms with Gasteiger partial charge in [-0.25, -0.2) is 9.88 Å². The van der Waals surface area contributed by atoms with Gasteiger partial charge in [0.2, 0.25) is 11.8 Å². The van der Waals surface area contributed by atoms with Gasteiger partial charge in [-0.15, -0.1) is 0 Å². The lowest BCUT2D eigenvalue weighted by Gasteiger charge is -2.14. The lowest BCUT2D eigenvalue weighted by Crippen LogP contribution is -2.30. The number of hydrogen-bond acceptors (Lipinski definition) is 3. The van der Waals surface area contributed by atoms with E-state index in [-0.39, 0.29) is 18.2 Å². The number of carbonyl (C=O) groups excluding carboxylic acids is 2. The van der Waals surface area contributed by atoms with Crippen LogP contribution in [0.5, 0.6) is 0 Å². The number of benzene rings is 1. The molecule has 1 atom stereocenters. The predicted octanol–water partition coefficient (Wildman–Crippen LogP) is 3.20. The van der Waals surface area contributed by atoms with E-state index in [9.17, 15) is 9.59 Å². The first-order chi connectivity index (χ1) is 10.1. The molecule has 4 nitrogen and oxygen atoms in total. The molecule has 0 saturated carbocycles. The Balaban J connectivity index is 1.94. The molecule has 1 aromatic carbocycles. The van der Waals surface area contributed by atoms with Crippen LogP contribution in [-0.2, 0) is 9.59 Å². The number of imide groups is 1. The zero-order valence-corrected chi connectivity index (χ0v) is 13.0. The van der Waals surface area contributed by atoms with Crippen LogP contribution in [0.3, 0.4) is 0 Å². The summed E-state index contributed by atoms with van der Waals surface area (Å²) in [5.74, 6) is -0.427. The lowest BCUT2D eigenvalue weighted by atomic mass is 9.98. The fourth-order valence-electron chi connectivity index (χ4n) is 2.47. The molecule has 1 aliphatic rings. The number of aromatic nitrogens is 1. The van der Waals surface area contributed by atoms with Crippen LogP contribution < -0.4 is 4.90 Å². The van der Waals surface area contributed by atoms with E-state index in [1.54, 1.807) is 12.3 Å². The molecule has 3 rings (SSSR count). The van der Waals surface area contributed by atoms with E-state index in [2.05, 4.69) is 20.9 Å². The summed E-state index contributed by atoms with van der Waals surface area (Å²) >= 11 is 3.37. The molecule has 21 heavy (non-hydrogen) atoms. The van der Waals surface area contributed by atoms with Crippen molar-refractivity contribution in [3.8, 4) is 0 Å². The highest BCUT2D eigenvalue weighted by Gasteiger charge is 2.40. The van der Waals surface area contributed by atoms with Gasteiger partial charge in [0.25, 0.3) is 0 Å². The number of carbonyl (C=O) groups is 2. The molecule has 0 bridgehead atoms. The first-order valence-corrected chi connectivity index (χ1v) is 7.40. The van der Waals surface area contributed by atoms with Gasteiger partial charge in [-0.05, 0) is 42.3 Å². The summed E-state index contributed by atoms with van der Waals surface area (Å²) in [5, 5.41) is 0. The first kappa shape index (κ1) is 13.9. The standard InChI is InChI=1S/C16H13BrN2O2/c1-10-6-7-18-14(8-10)19-15(20)9-13(16(19)21)11-2-4-12(17)5-3-11/h2-8,13H,9H2,1H3. The Morgan fingerprint density at radius 2 is 1.90 bits per heavy atom. The molecule has 2 amide bonds. The molecule has 0 aliphatic carbocycles. The maximum Gasteiger partial charge on any atom is 0.243 e. The van der Waals surface area contributed by atoms with Crippen molar-refractivity contribution in [3.05, 3.63) is 58.2 Å². The maximum absolute atomic E-state index is 12.6. The minimum Gasteiger partial charge on any atom is -0.274 e. The molecular formula is C16H13BrN2O2. The number of nitrogens with zero attached hydrogens (tertiary/aromatic N) is 2. The fourth-order valence-corrected chi connectivity index (χ4v) is 2.73. The number of halogens is 1. The van der Waals surface area contributed by atoms with Crippen molar-refractivity contribution in [2.45, 2.75) is 19.3 Å². The summed E-state index contributed by atoms with van der Waals surface area (Å²) in [7, 11) is 0. The summed E-state index contributed by atoms with van der Waals surface area (Å²) in [4.78, 5) is 30.1. The number of pyridine rings is 1. The Labute approximate surface area is 130 Å². The van der Waals surface area contributed by atoms with Crippen LogP contribution in [0, 0.1) is 6.92 Å². The van der Waals surface area contributed by atoms with E-state index in [4.69, 9.17) is 0 Å². The summed E-state index contributed by atoms with van der Waals surface area (Å²) in [5.41, 5.74) is 1.82. The Morgan fingerprint density at radius 3 is 2.57 bits per heavy atom. The number of amides is 2. The van der Waals surface area contributed by atoms with Crippen LogP contribution >= 0.6 is 15.9 Å². The van der Waals surface area contributed by atoms with Crippen LogP contribution in [0.4, 0.5) is 5.82 Å². The Hall–Kier alpha value is -2.01. The Bertz CT molecular complexity index is 712. The third kappa shape index (κ3) is 2.61. The molecule has 1 unspecified atom stereocenters. The maximum atomic E-state index is 12.6. The van der Waals surface area contributed by atoms with Crippen LogP contribution in [0.25, 0.3) is 0 Å². The molecule has 1 fully saturated rings. The van der Waals surface area contributed by atoms with Crippen molar-refractivity contribution in [2.75, 3.05) is 4.90 Å². The van der Waals surface area contributed by atoms with Crippen LogP contribution in [0.15, 0.2) is 47.1 Å². The van der Waals surface area contributed by atoms with Crippen molar-refractivity contribution in [1.29, 1.82) is 0 Å². The van der Waals surface area contributed by atoms with E-state index < -0.39 is 5.92 Å². The topological polar surface area (TPSA) is 50.3 Å². The van der Waals surface area contributed by atoms with E-state index in [0.29, 0.717) is 5.82 Å².